The predicted octanol–water partition coefficient (Wildman–Crippen LogP) is 3.05. The van der Waals surface area contributed by atoms with E-state index in [-0.39, 0.29) is 18.3 Å². The maximum Gasteiger partial charge on any atom is 0.193 e. The molecular formula is C14H14N2O2. The molecule has 0 aliphatic carbocycles. The highest BCUT2D eigenvalue weighted by Crippen LogP contribution is 2.27. The number of ketones is 1. The van der Waals surface area contributed by atoms with Gasteiger partial charge in [0.2, 0.25) is 0 Å². The van der Waals surface area contributed by atoms with Gasteiger partial charge in [0.1, 0.15) is 12.2 Å². The number of nitrogens with one attached hydrogen (secondary N) is 1. The summed E-state index contributed by atoms with van der Waals surface area (Å²) >= 11 is 0. The third-order valence-corrected chi connectivity index (χ3v) is 2.53. The number of hydrogen-bond acceptors (Lipinski definition) is 3. The lowest BCUT2D eigenvalue weighted by Crippen LogP contribution is -2.05. The molecule has 1 N–H and O–H groups in total. The number of carbonyl (C=O) groups excluding carboxylic acids is 1. The largest absolute Gasteiger partial charge is 0.490 e. The number of nitriles is 1. The molecular weight excluding hydrogens is 228 g/mol. The number of H-pyrrole nitrogens is 1. The van der Waals surface area contributed by atoms with Gasteiger partial charge in [0.05, 0.1) is 17.9 Å². The summed E-state index contributed by atoms with van der Waals surface area (Å²) in [6, 6.07) is 9.22. The van der Waals surface area contributed by atoms with Crippen molar-refractivity contribution in [3.8, 4) is 11.8 Å². The zero-order chi connectivity index (χ0) is 13.1. The Balaban J connectivity index is 2.45. The van der Waals surface area contributed by atoms with E-state index in [0.717, 1.165) is 16.7 Å². The van der Waals surface area contributed by atoms with Crippen LogP contribution >= 0.6 is 0 Å². The van der Waals surface area contributed by atoms with Gasteiger partial charge in [-0.1, -0.05) is 6.07 Å². The summed E-state index contributed by atoms with van der Waals surface area (Å²) in [4.78, 5) is 14.7. The van der Waals surface area contributed by atoms with Gasteiger partial charge >= 0.3 is 0 Å². The molecule has 0 aliphatic rings. The highest BCUT2D eigenvalue weighted by atomic mass is 16.5. The van der Waals surface area contributed by atoms with E-state index >= 15 is 0 Å². The molecule has 0 fully saturated rings. The Morgan fingerprint density at radius 1 is 1.50 bits per heavy atom. The normalized spacial score (nSPS) is 10.6. The maximum atomic E-state index is 11.7. The molecule has 0 radical (unpaired) electrons. The molecule has 2 rings (SSSR count). The van der Waals surface area contributed by atoms with Gasteiger partial charge in [-0.05, 0) is 32.0 Å². The quantitative estimate of drug-likeness (QED) is 0.838. The molecule has 0 bridgehead atoms. The average molecular weight is 242 g/mol. The zero-order valence-electron chi connectivity index (χ0n) is 10.4. The number of benzene rings is 1. The Bertz CT molecular complexity index is 620. The van der Waals surface area contributed by atoms with E-state index in [1.54, 1.807) is 6.07 Å². The van der Waals surface area contributed by atoms with Crippen molar-refractivity contribution in [2.75, 3.05) is 0 Å². The van der Waals surface area contributed by atoms with Gasteiger partial charge in [-0.2, -0.15) is 5.26 Å². The molecule has 18 heavy (non-hydrogen) atoms. The zero-order valence-corrected chi connectivity index (χ0v) is 10.4. The number of nitrogens with zero attached hydrogens (tertiary/aromatic N) is 1. The van der Waals surface area contributed by atoms with Crippen LogP contribution in [0.3, 0.4) is 0 Å². The van der Waals surface area contributed by atoms with Gasteiger partial charge in [-0.25, -0.2) is 0 Å². The molecule has 0 spiro atoms. The molecule has 0 unspecified atom stereocenters. The Hall–Kier alpha value is -2.28. The van der Waals surface area contributed by atoms with Crippen molar-refractivity contribution in [3.05, 3.63) is 30.0 Å². The van der Waals surface area contributed by atoms with E-state index < -0.39 is 0 Å². The van der Waals surface area contributed by atoms with Crippen LogP contribution in [0.15, 0.2) is 24.3 Å². The number of fused-ring (bicyclic) bond motifs is 1. The molecule has 2 aromatic rings. The molecule has 1 heterocycles. The van der Waals surface area contributed by atoms with Crippen LogP contribution in [0.2, 0.25) is 0 Å². The molecule has 0 atom stereocenters. The van der Waals surface area contributed by atoms with Crippen LogP contribution in [-0.2, 0) is 0 Å². The van der Waals surface area contributed by atoms with Gasteiger partial charge in [0, 0.05) is 10.9 Å². The minimum atomic E-state index is -0.204. The van der Waals surface area contributed by atoms with E-state index in [4.69, 9.17) is 10.00 Å². The summed E-state index contributed by atoms with van der Waals surface area (Å²) in [6.45, 7) is 3.90. The number of hydrogen-bond donors (Lipinski definition) is 1. The van der Waals surface area contributed by atoms with Crippen LogP contribution in [0.4, 0.5) is 0 Å². The molecule has 4 heteroatoms. The van der Waals surface area contributed by atoms with Crippen molar-refractivity contribution in [3.63, 3.8) is 0 Å². The Morgan fingerprint density at radius 2 is 2.28 bits per heavy atom. The Labute approximate surface area is 105 Å². The number of aromatic nitrogens is 1. The van der Waals surface area contributed by atoms with E-state index in [9.17, 15) is 4.79 Å². The molecule has 0 saturated carbocycles. The van der Waals surface area contributed by atoms with Crippen molar-refractivity contribution in [1.29, 1.82) is 5.26 Å². The number of aromatic amines is 1. The van der Waals surface area contributed by atoms with Crippen LogP contribution in [0.5, 0.6) is 5.75 Å². The van der Waals surface area contributed by atoms with Crippen molar-refractivity contribution < 1.29 is 9.53 Å². The second-order valence-corrected chi connectivity index (χ2v) is 4.33. The fourth-order valence-corrected chi connectivity index (χ4v) is 1.80. The first kappa shape index (κ1) is 12.2. The van der Waals surface area contributed by atoms with Crippen LogP contribution in [0.25, 0.3) is 10.9 Å². The molecule has 0 saturated heterocycles. The topological polar surface area (TPSA) is 65.9 Å². The minimum Gasteiger partial charge on any atom is -0.490 e. The minimum absolute atomic E-state index is 0.0729. The van der Waals surface area contributed by atoms with E-state index in [1.807, 2.05) is 38.1 Å². The Morgan fingerprint density at radius 3 is 2.94 bits per heavy atom. The van der Waals surface area contributed by atoms with Crippen molar-refractivity contribution in [2.45, 2.75) is 26.4 Å². The highest BCUT2D eigenvalue weighted by molar-refractivity contribution is 6.01. The highest BCUT2D eigenvalue weighted by Gasteiger charge is 2.12. The van der Waals surface area contributed by atoms with Crippen LogP contribution < -0.4 is 4.74 Å². The van der Waals surface area contributed by atoms with Crippen molar-refractivity contribution in [2.24, 2.45) is 0 Å². The standard InChI is InChI=1S/C14H14N2O2/c1-9(2)18-14-5-3-4-11-10(14)8-12(16-11)13(17)6-7-15/h3-5,8-9,16H,6H2,1-2H3. The number of ether oxygens (including phenoxy) is 1. The van der Waals surface area contributed by atoms with Crippen molar-refractivity contribution in [1.82, 2.24) is 4.98 Å². The van der Waals surface area contributed by atoms with Gasteiger partial charge in [-0.15, -0.1) is 0 Å². The molecule has 1 aromatic carbocycles. The van der Waals surface area contributed by atoms with Crippen LogP contribution in [0.1, 0.15) is 30.8 Å². The maximum absolute atomic E-state index is 11.7. The second kappa shape index (κ2) is 4.92. The van der Waals surface area contributed by atoms with E-state index in [2.05, 4.69) is 4.98 Å². The average Bonchev–Trinajstić information content (AvgIpc) is 2.73. The van der Waals surface area contributed by atoms with Gasteiger partial charge < -0.3 is 9.72 Å². The number of rotatable bonds is 4. The van der Waals surface area contributed by atoms with Gasteiger partial charge in [0.25, 0.3) is 0 Å². The van der Waals surface area contributed by atoms with Crippen LogP contribution in [-0.4, -0.2) is 16.9 Å². The summed E-state index contributed by atoms with van der Waals surface area (Å²) in [5, 5.41) is 9.41. The summed E-state index contributed by atoms with van der Waals surface area (Å²) in [5.41, 5.74) is 1.29. The van der Waals surface area contributed by atoms with E-state index in [0.29, 0.717) is 5.69 Å². The smallest absolute Gasteiger partial charge is 0.193 e. The second-order valence-electron chi connectivity index (χ2n) is 4.33. The Kier molecular flexibility index (Phi) is 3.33. The fourth-order valence-electron chi connectivity index (χ4n) is 1.80. The lowest BCUT2D eigenvalue weighted by Gasteiger charge is -2.10. The summed E-state index contributed by atoms with van der Waals surface area (Å²) in [6.07, 6.45) is -0.0449. The SMILES string of the molecule is CC(C)Oc1cccc2[nH]c(C(=O)CC#N)cc12. The molecule has 0 amide bonds. The molecule has 0 aliphatic heterocycles. The summed E-state index contributed by atoms with van der Waals surface area (Å²) in [7, 11) is 0. The van der Waals surface area contributed by atoms with Gasteiger partial charge in [0.15, 0.2) is 5.78 Å². The van der Waals surface area contributed by atoms with Crippen LogP contribution in [0, 0.1) is 11.3 Å². The monoisotopic (exact) mass is 242 g/mol. The molecule has 92 valence electrons. The van der Waals surface area contributed by atoms with Crippen molar-refractivity contribution >= 4 is 16.7 Å². The number of carbonyl (C=O) groups is 1. The molecule has 1 aromatic heterocycles. The summed E-state index contributed by atoms with van der Waals surface area (Å²) in [5.74, 6) is 0.541. The predicted molar refractivity (Wildman–Crippen MR) is 68.6 cm³/mol. The first-order valence-corrected chi connectivity index (χ1v) is 5.80. The third-order valence-electron chi connectivity index (χ3n) is 2.53. The third kappa shape index (κ3) is 2.35. The molecule has 4 nitrogen and oxygen atoms in total. The van der Waals surface area contributed by atoms with E-state index in [1.165, 1.54) is 0 Å². The summed E-state index contributed by atoms with van der Waals surface area (Å²) < 4.78 is 5.68. The first-order valence-electron chi connectivity index (χ1n) is 5.80. The fraction of sp³-hybridized carbons (Fsp3) is 0.286. The number of Topliss-reactive ketones (excluding diaryl/α,β-unsaturated/α-hetero) is 1. The lowest BCUT2D eigenvalue weighted by molar-refractivity contribution is 0.0994. The lowest BCUT2D eigenvalue weighted by atomic mass is 10.2. The van der Waals surface area contributed by atoms with Gasteiger partial charge in [-0.3, -0.25) is 4.79 Å². The first-order chi connectivity index (χ1) is 8.61.